The normalized spacial score (nSPS) is 10.8. The van der Waals surface area contributed by atoms with Crippen molar-refractivity contribution in [1.29, 1.82) is 5.26 Å². The van der Waals surface area contributed by atoms with Gasteiger partial charge in [-0.2, -0.15) is 10.4 Å². The molecule has 0 bridgehead atoms. The van der Waals surface area contributed by atoms with E-state index in [0.717, 1.165) is 22.2 Å². The van der Waals surface area contributed by atoms with E-state index in [-0.39, 0.29) is 0 Å². The van der Waals surface area contributed by atoms with E-state index in [1.165, 1.54) is 0 Å². The summed E-state index contributed by atoms with van der Waals surface area (Å²) in [6.45, 7) is 0. The van der Waals surface area contributed by atoms with Crippen molar-refractivity contribution in [2.45, 2.75) is 0 Å². The lowest BCUT2D eigenvalue weighted by Gasteiger charge is -2.05. The van der Waals surface area contributed by atoms with Gasteiger partial charge in [0.25, 0.3) is 0 Å². The van der Waals surface area contributed by atoms with Gasteiger partial charge in [-0.3, -0.25) is 4.98 Å². The molecule has 0 atom stereocenters. The number of nitrogens with zero attached hydrogens (tertiary/aromatic N) is 5. The van der Waals surface area contributed by atoms with E-state index in [0.29, 0.717) is 11.3 Å². The van der Waals surface area contributed by atoms with Gasteiger partial charge in [-0.15, -0.1) is 0 Å². The van der Waals surface area contributed by atoms with Crippen molar-refractivity contribution in [2.24, 2.45) is 0 Å². The molecule has 0 aliphatic carbocycles. The zero-order valence-electron chi connectivity index (χ0n) is 10.9. The van der Waals surface area contributed by atoms with Crippen LogP contribution in [0, 0.1) is 11.3 Å². The molecule has 0 N–H and O–H groups in total. The standard InChI is InChI=1S/C16H9N5/c17-9-13-8-16-18-6-5-15(21(16)20-13)12-7-11-3-1-2-4-14(11)19-10-12/h1-8,10H. The first kappa shape index (κ1) is 11.6. The molecule has 1 aromatic carbocycles. The van der Waals surface area contributed by atoms with Crippen molar-refractivity contribution in [3.05, 3.63) is 60.6 Å². The maximum atomic E-state index is 8.98. The van der Waals surface area contributed by atoms with Gasteiger partial charge in [-0.05, 0) is 18.2 Å². The van der Waals surface area contributed by atoms with Crippen LogP contribution in [0.2, 0.25) is 0 Å². The Balaban J connectivity index is 1.99. The molecule has 98 valence electrons. The molecule has 0 radical (unpaired) electrons. The molecule has 21 heavy (non-hydrogen) atoms. The van der Waals surface area contributed by atoms with Crippen LogP contribution < -0.4 is 0 Å². The zero-order valence-corrected chi connectivity index (χ0v) is 10.9. The fourth-order valence-electron chi connectivity index (χ4n) is 2.38. The molecular formula is C16H9N5. The van der Waals surface area contributed by atoms with Gasteiger partial charge in [0.05, 0.1) is 11.2 Å². The quantitative estimate of drug-likeness (QED) is 0.534. The number of fused-ring (bicyclic) bond motifs is 2. The minimum Gasteiger partial charge on any atom is -0.256 e. The lowest BCUT2D eigenvalue weighted by Crippen LogP contribution is -1.96. The predicted molar refractivity (Wildman–Crippen MR) is 78.4 cm³/mol. The second-order valence-corrected chi connectivity index (χ2v) is 4.66. The van der Waals surface area contributed by atoms with Crippen LogP contribution in [0.5, 0.6) is 0 Å². The maximum absolute atomic E-state index is 8.98. The Morgan fingerprint density at radius 2 is 1.95 bits per heavy atom. The van der Waals surface area contributed by atoms with Crippen LogP contribution >= 0.6 is 0 Å². The molecular weight excluding hydrogens is 262 g/mol. The highest BCUT2D eigenvalue weighted by Gasteiger charge is 2.09. The summed E-state index contributed by atoms with van der Waals surface area (Å²) in [5.74, 6) is 0. The number of nitriles is 1. The third-order valence-corrected chi connectivity index (χ3v) is 3.36. The summed E-state index contributed by atoms with van der Waals surface area (Å²) in [4.78, 5) is 8.69. The molecule has 5 heteroatoms. The Morgan fingerprint density at radius 3 is 2.86 bits per heavy atom. The van der Waals surface area contributed by atoms with Gasteiger partial charge in [0.15, 0.2) is 11.3 Å². The molecule has 0 fully saturated rings. The van der Waals surface area contributed by atoms with Crippen molar-refractivity contribution in [3.8, 4) is 17.3 Å². The Kier molecular flexibility index (Phi) is 2.42. The monoisotopic (exact) mass is 271 g/mol. The molecule has 4 aromatic rings. The summed E-state index contributed by atoms with van der Waals surface area (Å²) >= 11 is 0. The Labute approximate surface area is 120 Å². The number of hydrogen-bond donors (Lipinski definition) is 0. The smallest absolute Gasteiger partial charge is 0.165 e. The van der Waals surface area contributed by atoms with Gasteiger partial charge in [-0.25, -0.2) is 9.50 Å². The molecule has 3 aromatic heterocycles. The minimum atomic E-state index is 0.351. The van der Waals surface area contributed by atoms with Gasteiger partial charge >= 0.3 is 0 Å². The van der Waals surface area contributed by atoms with E-state index in [9.17, 15) is 0 Å². The molecule has 4 rings (SSSR count). The first-order valence-corrected chi connectivity index (χ1v) is 6.45. The van der Waals surface area contributed by atoms with Crippen LogP contribution in [0.1, 0.15) is 5.69 Å². The fraction of sp³-hybridized carbons (Fsp3) is 0. The summed E-state index contributed by atoms with van der Waals surface area (Å²) in [7, 11) is 0. The van der Waals surface area contributed by atoms with Crippen LogP contribution in [-0.2, 0) is 0 Å². The molecule has 0 spiro atoms. The van der Waals surface area contributed by atoms with Crippen molar-refractivity contribution in [3.63, 3.8) is 0 Å². The van der Waals surface area contributed by atoms with Gasteiger partial charge in [-0.1, -0.05) is 18.2 Å². The van der Waals surface area contributed by atoms with Crippen LogP contribution in [0.25, 0.3) is 27.8 Å². The third kappa shape index (κ3) is 1.82. The molecule has 3 heterocycles. The SMILES string of the molecule is N#Cc1cc2nccc(-c3cnc4ccccc4c3)n2n1. The van der Waals surface area contributed by atoms with E-state index in [1.54, 1.807) is 16.8 Å². The molecule has 0 saturated heterocycles. The Morgan fingerprint density at radius 1 is 1.05 bits per heavy atom. The van der Waals surface area contributed by atoms with E-state index < -0.39 is 0 Å². The first-order chi connectivity index (χ1) is 10.3. The highest BCUT2D eigenvalue weighted by molar-refractivity contribution is 5.83. The van der Waals surface area contributed by atoms with Gasteiger partial charge in [0.1, 0.15) is 6.07 Å². The second kappa shape index (κ2) is 4.39. The molecule has 0 amide bonds. The second-order valence-electron chi connectivity index (χ2n) is 4.66. The number of rotatable bonds is 1. The van der Waals surface area contributed by atoms with Crippen molar-refractivity contribution in [2.75, 3.05) is 0 Å². The summed E-state index contributed by atoms with van der Waals surface area (Å²) < 4.78 is 1.67. The van der Waals surface area contributed by atoms with Crippen molar-refractivity contribution >= 4 is 16.6 Å². The lowest BCUT2D eigenvalue weighted by atomic mass is 10.1. The van der Waals surface area contributed by atoms with Crippen LogP contribution in [0.3, 0.4) is 0 Å². The maximum Gasteiger partial charge on any atom is 0.165 e. The van der Waals surface area contributed by atoms with Gasteiger partial charge in [0.2, 0.25) is 0 Å². The number of aromatic nitrogens is 4. The summed E-state index contributed by atoms with van der Waals surface area (Å²) in [6.07, 6.45) is 3.52. The summed E-state index contributed by atoms with van der Waals surface area (Å²) in [5.41, 5.74) is 3.75. The number of pyridine rings is 1. The van der Waals surface area contributed by atoms with Crippen LogP contribution in [0.4, 0.5) is 0 Å². The predicted octanol–water partition coefficient (Wildman–Crippen LogP) is 2.82. The first-order valence-electron chi connectivity index (χ1n) is 6.45. The number of hydrogen-bond acceptors (Lipinski definition) is 4. The third-order valence-electron chi connectivity index (χ3n) is 3.36. The van der Waals surface area contributed by atoms with Crippen molar-refractivity contribution < 1.29 is 0 Å². The topological polar surface area (TPSA) is 66.9 Å². The van der Waals surface area contributed by atoms with Gasteiger partial charge < -0.3 is 0 Å². The largest absolute Gasteiger partial charge is 0.256 e. The number of para-hydroxylation sites is 1. The van der Waals surface area contributed by atoms with E-state index >= 15 is 0 Å². The molecule has 0 unspecified atom stereocenters. The zero-order chi connectivity index (χ0) is 14.2. The van der Waals surface area contributed by atoms with Crippen LogP contribution in [-0.4, -0.2) is 19.6 Å². The Bertz CT molecular complexity index is 1010. The van der Waals surface area contributed by atoms with E-state index in [1.807, 2.05) is 42.6 Å². The highest BCUT2D eigenvalue weighted by atomic mass is 15.3. The number of benzene rings is 1. The average Bonchev–Trinajstić information content (AvgIpc) is 2.97. The molecule has 0 aliphatic rings. The fourth-order valence-corrected chi connectivity index (χ4v) is 2.38. The van der Waals surface area contributed by atoms with Crippen LogP contribution in [0.15, 0.2) is 54.9 Å². The highest BCUT2D eigenvalue weighted by Crippen LogP contribution is 2.23. The summed E-state index contributed by atoms with van der Waals surface area (Å²) in [6, 6.07) is 15.6. The van der Waals surface area contributed by atoms with E-state index in [4.69, 9.17) is 5.26 Å². The lowest BCUT2D eigenvalue weighted by molar-refractivity contribution is 0.938. The van der Waals surface area contributed by atoms with Gasteiger partial charge in [0, 0.05) is 29.4 Å². The van der Waals surface area contributed by atoms with E-state index in [2.05, 4.69) is 21.1 Å². The van der Waals surface area contributed by atoms with Crippen molar-refractivity contribution in [1.82, 2.24) is 19.6 Å². The molecule has 5 nitrogen and oxygen atoms in total. The molecule has 0 aliphatic heterocycles. The Hall–Kier alpha value is -3.26. The summed E-state index contributed by atoms with van der Waals surface area (Å²) in [5, 5.41) is 14.3. The average molecular weight is 271 g/mol. The molecule has 0 saturated carbocycles. The minimum absolute atomic E-state index is 0.351.